The molecule has 5 heteroatoms. The molecule has 1 saturated heterocycles. The summed E-state index contributed by atoms with van der Waals surface area (Å²) in [6, 6.07) is 12.0. The van der Waals surface area contributed by atoms with Gasteiger partial charge in [0.15, 0.2) is 11.3 Å². The van der Waals surface area contributed by atoms with Gasteiger partial charge in [0, 0.05) is 30.8 Å². The van der Waals surface area contributed by atoms with Crippen LogP contribution < -0.4 is 10.3 Å². The van der Waals surface area contributed by atoms with Gasteiger partial charge in [-0.15, -0.1) is 0 Å². The highest BCUT2D eigenvalue weighted by molar-refractivity contribution is 5.59. The van der Waals surface area contributed by atoms with Gasteiger partial charge in [-0.05, 0) is 24.3 Å². The molecule has 2 aromatic rings. The molecule has 0 spiro atoms. The standard InChI is InChI=1S/C16H14N2O3/c17-11-12-1-3-13(4-2-12)15-9-14(19)10-16(21-15)18-5-7-20-8-6-18/h1-4,9-10H,5-8H2. The summed E-state index contributed by atoms with van der Waals surface area (Å²) in [5.74, 6) is 1.07. The fraction of sp³-hybridized carbons (Fsp3) is 0.250. The summed E-state index contributed by atoms with van der Waals surface area (Å²) in [7, 11) is 0. The molecule has 0 amide bonds. The Kier molecular flexibility index (Phi) is 3.71. The van der Waals surface area contributed by atoms with E-state index in [1.54, 1.807) is 24.3 Å². The van der Waals surface area contributed by atoms with E-state index < -0.39 is 0 Å². The number of benzene rings is 1. The third-order valence-corrected chi connectivity index (χ3v) is 3.37. The van der Waals surface area contributed by atoms with Crippen LogP contribution in [0.3, 0.4) is 0 Å². The summed E-state index contributed by atoms with van der Waals surface area (Å²) in [6.45, 7) is 2.68. The summed E-state index contributed by atoms with van der Waals surface area (Å²) in [6.07, 6.45) is 0. The summed E-state index contributed by atoms with van der Waals surface area (Å²) in [4.78, 5) is 13.9. The van der Waals surface area contributed by atoms with Crippen LogP contribution in [0.15, 0.2) is 45.6 Å². The molecular formula is C16H14N2O3. The molecule has 0 aliphatic carbocycles. The Labute approximate surface area is 122 Å². The van der Waals surface area contributed by atoms with Gasteiger partial charge in [-0.1, -0.05) is 0 Å². The molecule has 21 heavy (non-hydrogen) atoms. The molecule has 1 aromatic heterocycles. The van der Waals surface area contributed by atoms with Gasteiger partial charge in [-0.3, -0.25) is 4.79 Å². The third kappa shape index (κ3) is 2.96. The molecule has 5 nitrogen and oxygen atoms in total. The monoisotopic (exact) mass is 282 g/mol. The molecule has 0 N–H and O–H groups in total. The molecule has 1 aliphatic rings. The van der Waals surface area contributed by atoms with Gasteiger partial charge in [0.25, 0.3) is 0 Å². The van der Waals surface area contributed by atoms with Crippen molar-refractivity contribution in [3.05, 3.63) is 52.2 Å². The molecule has 0 atom stereocenters. The van der Waals surface area contributed by atoms with Crippen molar-refractivity contribution in [2.75, 3.05) is 31.2 Å². The molecule has 3 rings (SSSR count). The van der Waals surface area contributed by atoms with Crippen molar-refractivity contribution in [1.29, 1.82) is 5.26 Å². The molecule has 0 bridgehead atoms. The van der Waals surface area contributed by atoms with E-state index >= 15 is 0 Å². The second-order valence-electron chi connectivity index (χ2n) is 4.78. The van der Waals surface area contributed by atoms with E-state index in [-0.39, 0.29) is 5.43 Å². The quantitative estimate of drug-likeness (QED) is 0.843. The van der Waals surface area contributed by atoms with Gasteiger partial charge in [-0.25, -0.2) is 0 Å². The molecule has 0 saturated carbocycles. The fourth-order valence-electron chi connectivity index (χ4n) is 2.26. The Hall–Kier alpha value is -2.58. The highest BCUT2D eigenvalue weighted by Gasteiger charge is 2.15. The second-order valence-corrected chi connectivity index (χ2v) is 4.78. The lowest BCUT2D eigenvalue weighted by Gasteiger charge is -2.27. The van der Waals surface area contributed by atoms with Gasteiger partial charge >= 0.3 is 0 Å². The van der Waals surface area contributed by atoms with Crippen LogP contribution >= 0.6 is 0 Å². The van der Waals surface area contributed by atoms with E-state index in [4.69, 9.17) is 14.4 Å². The van der Waals surface area contributed by atoms with E-state index in [2.05, 4.69) is 6.07 Å². The maximum atomic E-state index is 11.9. The smallest absolute Gasteiger partial charge is 0.200 e. The van der Waals surface area contributed by atoms with E-state index in [0.29, 0.717) is 43.5 Å². The first-order valence-corrected chi connectivity index (χ1v) is 6.75. The summed E-state index contributed by atoms with van der Waals surface area (Å²) >= 11 is 0. The maximum absolute atomic E-state index is 11.9. The zero-order valence-corrected chi connectivity index (χ0v) is 11.4. The number of hydrogen-bond donors (Lipinski definition) is 0. The molecule has 106 valence electrons. The molecule has 1 fully saturated rings. The SMILES string of the molecule is N#Cc1ccc(-c2cc(=O)cc(N3CCOCC3)o2)cc1. The number of nitrogens with zero attached hydrogens (tertiary/aromatic N) is 2. The average molecular weight is 282 g/mol. The van der Waals surface area contributed by atoms with E-state index in [1.807, 2.05) is 4.90 Å². The first kappa shape index (κ1) is 13.4. The number of hydrogen-bond acceptors (Lipinski definition) is 5. The van der Waals surface area contributed by atoms with E-state index in [0.717, 1.165) is 5.56 Å². The largest absolute Gasteiger partial charge is 0.440 e. The summed E-state index contributed by atoms with van der Waals surface area (Å²) < 4.78 is 11.1. The Morgan fingerprint density at radius 1 is 1.10 bits per heavy atom. The van der Waals surface area contributed by atoms with Crippen molar-refractivity contribution in [2.24, 2.45) is 0 Å². The predicted octanol–water partition coefficient (Wildman–Crippen LogP) is 2.02. The van der Waals surface area contributed by atoms with Crippen molar-refractivity contribution in [3.8, 4) is 17.4 Å². The van der Waals surface area contributed by atoms with Gasteiger partial charge in [0.05, 0.1) is 24.8 Å². The lowest BCUT2D eigenvalue weighted by molar-refractivity contribution is 0.120. The van der Waals surface area contributed by atoms with Crippen LogP contribution in [-0.4, -0.2) is 26.3 Å². The normalized spacial score (nSPS) is 14.7. The summed E-state index contributed by atoms with van der Waals surface area (Å²) in [5.41, 5.74) is 1.26. The average Bonchev–Trinajstić information content (AvgIpc) is 2.55. The number of rotatable bonds is 2. The zero-order chi connectivity index (χ0) is 14.7. The second kappa shape index (κ2) is 5.81. The van der Waals surface area contributed by atoms with Crippen LogP contribution in [0.1, 0.15) is 5.56 Å². The molecule has 0 unspecified atom stereocenters. The van der Waals surface area contributed by atoms with Crippen LogP contribution in [-0.2, 0) is 4.74 Å². The van der Waals surface area contributed by atoms with Crippen LogP contribution in [0.2, 0.25) is 0 Å². The van der Waals surface area contributed by atoms with E-state index in [9.17, 15) is 4.79 Å². The minimum atomic E-state index is -0.0953. The number of ether oxygens (including phenoxy) is 1. The zero-order valence-electron chi connectivity index (χ0n) is 11.4. The highest BCUT2D eigenvalue weighted by Crippen LogP contribution is 2.23. The lowest BCUT2D eigenvalue weighted by Crippen LogP contribution is -2.36. The van der Waals surface area contributed by atoms with Crippen LogP contribution in [0, 0.1) is 11.3 Å². The van der Waals surface area contributed by atoms with Gasteiger partial charge < -0.3 is 14.1 Å². The fourth-order valence-corrected chi connectivity index (χ4v) is 2.26. The first-order chi connectivity index (χ1) is 10.3. The van der Waals surface area contributed by atoms with E-state index in [1.165, 1.54) is 12.1 Å². The van der Waals surface area contributed by atoms with Crippen LogP contribution in [0.4, 0.5) is 5.88 Å². The molecule has 0 radical (unpaired) electrons. The van der Waals surface area contributed by atoms with Gasteiger partial charge in [0.2, 0.25) is 0 Å². The van der Waals surface area contributed by atoms with Crippen molar-refractivity contribution < 1.29 is 9.15 Å². The predicted molar refractivity (Wildman–Crippen MR) is 78.2 cm³/mol. The molecule has 2 heterocycles. The lowest BCUT2D eigenvalue weighted by atomic mass is 10.1. The molecular weight excluding hydrogens is 268 g/mol. The van der Waals surface area contributed by atoms with Crippen molar-refractivity contribution in [2.45, 2.75) is 0 Å². The minimum absolute atomic E-state index is 0.0953. The van der Waals surface area contributed by atoms with Crippen molar-refractivity contribution >= 4 is 5.88 Å². The third-order valence-electron chi connectivity index (χ3n) is 3.37. The number of morpholine rings is 1. The summed E-state index contributed by atoms with van der Waals surface area (Å²) in [5, 5.41) is 8.82. The molecule has 1 aliphatic heterocycles. The Morgan fingerprint density at radius 3 is 2.48 bits per heavy atom. The highest BCUT2D eigenvalue weighted by atomic mass is 16.5. The topological polar surface area (TPSA) is 66.5 Å². The Bertz CT molecular complexity index is 722. The van der Waals surface area contributed by atoms with Crippen molar-refractivity contribution in [3.63, 3.8) is 0 Å². The Balaban J connectivity index is 1.96. The van der Waals surface area contributed by atoms with Gasteiger partial charge in [-0.2, -0.15) is 5.26 Å². The van der Waals surface area contributed by atoms with Crippen LogP contribution in [0.5, 0.6) is 0 Å². The Morgan fingerprint density at radius 2 is 1.81 bits per heavy atom. The molecule has 1 aromatic carbocycles. The number of anilines is 1. The maximum Gasteiger partial charge on any atom is 0.200 e. The first-order valence-electron chi connectivity index (χ1n) is 6.75. The minimum Gasteiger partial charge on any atom is -0.440 e. The number of nitriles is 1. The van der Waals surface area contributed by atoms with Crippen molar-refractivity contribution in [1.82, 2.24) is 0 Å². The van der Waals surface area contributed by atoms with Crippen LogP contribution in [0.25, 0.3) is 11.3 Å². The van der Waals surface area contributed by atoms with Gasteiger partial charge in [0.1, 0.15) is 5.76 Å².